The molecule has 0 saturated heterocycles. The van der Waals surface area contributed by atoms with Crippen LogP contribution in [-0.4, -0.2) is 47.1 Å². The molecule has 0 bridgehead atoms. The molecule has 0 aliphatic heterocycles. The quantitative estimate of drug-likeness (QED) is 0.395. The largest absolute Gasteiger partial charge is 0.480 e. The number of aryl methyl sites for hydroxylation is 1. The highest BCUT2D eigenvalue weighted by molar-refractivity contribution is 7.99. The molecule has 0 aliphatic rings. The molecule has 1 rings (SSSR count). The smallest absolute Gasteiger partial charge is 0.408 e. The predicted octanol–water partition coefficient (Wildman–Crippen LogP) is 3.41. The minimum atomic E-state index is -1.16. The molecule has 0 radical (unpaired) electrons. The van der Waals surface area contributed by atoms with Crippen LogP contribution in [-0.2, 0) is 14.3 Å². The van der Waals surface area contributed by atoms with Crippen LogP contribution in [0.1, 0.15) is 36.7 Å². The first-order chi connectivity index (χ1) is 12.5. The van der Waals surface area contributed by atoms with Gasteiger partial charge in [-0.2, -0.15) is 0 Å². The third-order valence-electron chi connectivity index (χ3n) is 3.14. The third kappa shape index (κ3) is 8.17. The van der Waals surface area contributed by atoms with Gasteiger partial charge in [-0.15, -0.1) is 11.8 Å². The molecule has 0 saturated carbocycles. The van der Waals surface area contributed by atoms with E-state index < -0.39 is 29.7 Å². The highest BCUT2D eigenvalue weighted by atomic mass is 32.2. The fraction of sp³-hybridized carbons (Fsp3) is 0.421. The van der Waals surface area contributed by atoms with Gasteiger partial charge in [0.25, 0.3) is 0 Å². The van der Waals surface area contributed by atoms with Crippen LogP contribution in [0.3, 0.4) is 0 Å². The molecule has 8 heteroatoms. The maximum absolute atomic E-state index is 11.8. The average molecular weight is 395 g/mol. The third-order valence-corrected chi connectivity index (χ3v) is 4.41. The van der Waals surface area contributed by atoms with E-state index in [1.807, 2.05) is 6.92 Å². The van der Waals surface area contributed by atoms with E-state index in [4.69, 9.17) is 9.47 Å². The van der Waals surface area contributed by atoms with Crippen LogP contribution in [0, 0.1) is 6.92 Å². The number of thioether (sulfide) groups is 1. The lowest BCUT2D eigenvalue weighted by atomic mass is 10.1. The molecule has 0 fully saturated rings. The van der Waals surface area contributed by atoms with Gasteiger partial charge in [-0.05, 0) is 51.5 Å². The van der Waals surface area contributed by atoms with Gasteiger partial charge in [0.2, 0.25) is 0 Å². The molecular weight excluding hydrogens is 370 g/mol. The number of carbonyl (C=O) groups is 3. The van der Waals surface area contributed by atoms with Crippen LogP contribution >= 0.6 is 11.8 Å². The van der Waals surface area contributed by atoms with Crippen molar-refractivity contribution in [2.24, 2.45) is 0 Å². The van der Waals surface area contributed by atoms with Crippen molar-refractivity contribution in [3.63, 3.8) is 0 Å². The molecule has 1 aromatic rings. The van der Waals surface area contributed by atoms with Crippen molar-refractivity contribution in [3.8, 4) is 0 Å². The highest BCUT2D eigenvalue weighted by Crippen LogP contribution is 2.24. The molecular formula is C19H25NO6S. The number of carbonyl (C=O) groups excluding carboxylic acids is 2. The lowest BCUT2D eigenvalue weighted by Gasteiger charge is -2.22. The van der Waals surface area contributed by atoms with Gasteiger partial charge in [-0.3, -0.25) is 0 Å². The van der Waals surface area contributed by atoms with E-state index in [-0.39, 0.29) is 12.4 Å². The van der Waals surface area contributed by atoms with Crippen molar-refractivity contribution in [1.82, 2.24) is 5.32 Å². The van der Waals surface area contributed by atoms with Crippen LogP contribution in [0.2, 0.25) is 0 Å². The van der Waals surface area contributed by atoms with E-state index in [0.717, 1.165) is 10.5 Å². The zero-order valence-corrected chi connectivity index (χ0v) is 16.7. The first kappa shape index (κ1) is 22.6. The van der Waals surface area contributed by atoms with Gasteiger partial charge < -0.3 is 19.9 Å². The van der Waals surface area contributed by atoms with Crippen molar-refractivity contribution in [2.75, 3.05) is 12.4 Å². The highest BCUT2D eigenvalue weighted by Gasteiger charge is 2.24. The van der Waals surface area contributed by atoms with E-state index in [1.54, 1.807) is 39.0 Å². The molecule has 2 N–H and O–H groups in total. The van der Waals surface area contributed by atoms with Crippen molar-refractivity contribution in [1.29, 1.82) is 0 Å². The van der Waals surface area contributed by atoms with Gasteiger partial charge in [0.1, 0.15) is 18.2 Å². The molecule has 1 atom stereocenters. The summed E-state index contributed by atoms with van der Waals surface area (Å²) in [6, 6.07) is 3.89. The number of alkyl carbamates (subject to hydrolysis) is 1. The molecule has 0 aliphatic carbocycles. The van der Waals surface area contributed by atoms with E-state index in [1.165, 1.54) is 17.8 Å². The van der Waals surface area contributed by atoms with Crippen molar-refractivity contribution < 1.29 is 29.0 Å². The first-order valence-corrected chi connectivity index (χ1v) is 9.26. The van der Waals surface area contributed by atoms with Crippen LogP contribution < -0.4 is 5.32 Å². The molecule has 0 spiro atoms. The number of aliphatic carboxylic acids is 1. The van der Waals surface area contributed by atoms with E-state index >= 15 is 0 Å². The summed E-state index contributed by atoms with van der Waals surface area (Å²) in [6.45, 7) is 10.5. The van der Waals surface area contributed by atoms with Crippen molar-refractivity contribution in [3.05, 3.63) is 42.0 Å². The Morgan fingerprint density at radius 1 is 1.33 bits per heavy atom. The minimum Gasteiger partial charge on any atom is -0.480 e. The van der Waals surface area contributed by atoms with Gasteiger partial charge in [0.15, 0.2) is 0 Å². The van der Waals surface area contributed by atoms with Gasteiger partial charge in [0.05, 0.1) is 5.56 Å². The molecule has 1 amide bonds. The Morgan fingerprint density at radius 3 is 2.52 bits per heavy atom. The maximum atomic E-state index is 11.8. The molecule has 7 nitrogen and oxygen atoms in total. The molecule has 0 aromatic heterocycles. The zero-order chi connectivity index (χ0) is 20.6. The summed E-state index contributed by atoms with van der Waals surface area (Å²) in [7, 11) is 0. The van der Waals surface area contributed by atoms with Crippen LogP contribution in [0.25, 0.3) is 0 Å². The fourth-order valence-corrected chi connectivity index (χ4v) is 2.98. The molecule has 148 valence electrons. The second kappa shape index (κ2) is 10.0. The summed E-state index contributed by atoms with van der Waals surface area (Å²) < 4.78 is 10.1. The van der Waals surface area contributed by atoms with Crippen LogP contribution in [0.4, 0.5) is 4.79 Å². The summed E-state index contributed by atoms with van der Waals surface area (Å²) >= 11 is 1.26. The van der Waals surface area contributed by atoms with E-state index in [2.05, 4.69) is 11.9 Å². The van der Waals surface area contributed by atoms with Gasteiger partial charge in [-0.1, -0.05) is 12.7 Å². The summed E-state index contributed by atoms with van der Waals surface area (Å²) in [5.41, 5.74) is 0.488. The maximum Gasteiger partial charge on any atom is 0.408 e. The Morgan fingerprint density at radius 2 is 2.00 bits per heavy atom. The summed E-state index contributed by atoms with van der Waals surface area (Å²) in [5, 5.41) is 11.7. The standard InChI is InChI=1S/C19H25NO6S/c1-6-9-25-17(23)13-7-8-15(12(2)10-13)27-11-14(16(21)22)20-18(24)26-19(3,4)5/h6-8,10,14H,1,9,11H2,2-5H3,(H,20,24)(H,21,22). The number of amides is 1. The van der Waals surface area contributed by atoms with Crippen LogP contribution in [0.15, 0.2) is 35.7 Å². The topological polar surface area (TPSA) is 102 Å². The number of ether oxygens (including phenoxy) is 2. The number of benzene rings is 1. The fourth-order valence-electron chi connectivity index (χ4n) is 1.95. The van der Waals surface area contributed by atoms with Crippen molar-refractivity contribution in [2.45, 2.75) is 44.2 Å². The Bertz CT molecular complexity index is 711. The van der Waals surface area contributed by atoms with Crippen molar-refractivity contribution >= 4 is 29.8 Å². The lowest BCUT2D eigenvalue weighted by molar-refractivity contribution is -0.138. The lowest BCUT2D eigenvalue weighted by Crippen LogP contribution is -2.44. The number of hydrogen-bond acceptors (Lipinski definition) is 6. The summed E-state index contributed by atoms with van der Waals surface area (Å²) in [5.74, 6) is -1.50. The van der Waals surface area contributed by atoms with Gasteiger partial charge in [-0.25, -0.2) is 14.4 Å². The monoisotopic (exact) mass is 395 g/mol. The molecule has 1 unspecified atom stereocenters. The second-order valence-electron chi connectivity index (χ2n) is 6.72. The normalized spacial score (nSPS) is 12.0. The SMILES string of the molecule is C=CCOC(=O)c1ccc(SCC(NC(=O)OC(C)(C)C)C(=O)O)c(C)c1. The van der Waals surface area contributed by atoms with Crippen LogP contribution in [0.5, 0.6) is 0 Å². The summed E-state index contributed by atoms with van der Waals surface area (Å²) in [4.78, 5) is 35.8. The Balaban J connectivity index is 2.73. The van der Waals surface area contributed by atoms with Gasteiger partial charge >= 0.3 is 18.0 Å². The zero-order valence-electron chi connectivity index (χ0n) is 15.9. The number of rotatable bonds is 8. The predicted molar refractivity (Wildman–Crippen MR) is 103 cm³/mol. The van der Waals surface area contributed by atoms with E-state index in [0.29, 0.717) is 5.56 Å². The average Bonchev–Trinajstić information content (AvgIpc) is 2.55. The summed E-state index contributed by atoms with van der Waals surface area (Å²) in [6.07, 6.45) is 0.700. The van der Waals surface area contributed by atoms with E-state index in [9.17, 15) is 19.5 Å². The number of nitrogens with one attached hydrogen (secondary N) is 1. The Hall–Kier alpha value is -2.48. The second-order valence-corrected chi connectivity index (χ2v) is 7.78. The molecule has 27 heavy (non-hydrogen) atoms. The number of carboxylic acid groups (broad SMARTS) is 1. The first-order valence-electron chi connectivity index (χ1n) is 8.27. The minimum absolute atomic E-state index is 0.107. The number of carboxylic acids is 1. The number of hydrogen-bond donors (Lipinski definition) is 2. The van der Waals surface area contributed by atoms with Gasteiger partial charge in [0, 0.05) is 10.6 Å². The number of esters is 1. The Labute approximate surface area is 163 Å². The molecule has 1 aromatic carbocycles. The Kier molecular flexibility index (Phi) is 8.36. The molecule has 0 heterocycles.